The van der Waals surface area contributed by atoms with E-state index in [0.717, 1.165) is 11.5 Å². The van der Waals surface area contributed by atoms with Gasteiger partial charge in [-0.3, -0.25) is 4.40 Å². The lowest BCUT2D eigenvalue weighted by atomic mass is 9.97. The van der Waals surface area contributed by atoms with Gasteiger partial charge in [-0.2, -0.15) is 0 Å². The normalized spacial score (nSPS) is 19.2. The molecule has 2 aromatic heterocycles. The lowest BCUT2D eigenvalue weighted by Crippen LogP contribution is -2.60. The van der Waals surface area contributed by atoms with E-state index in [-0.39, 0.29) is 0 Å². The van der Waals surface area contributed by atoms with Gasteiger partial charge in [0.25, 0.3) is 0 Å². The Morgan fingerprint density at radius 2 is 2.27 bits per heavy atom. The summed E-state index contributed by atoms with van der Waals surface area (Å²) in [7, 11) is 0. The number of hydrogen-bond donors (Lipinski definition) is 1. The summed E-state index contributed by atoms with van der Waals surface area (Å²) >= 11 is 0. The molecular weight excluding hydrogens is 194 g/mol. The minimum atomic E-state index is -0.603. The second kappa shape index (κ2) is 2.66. The fourth-order valence-corrected chi connectivity index (χ4v) is 1.89. The summed E-state index contributed by atoms with van der Waals surface area (Å²) in [6.45, 7) is 2.99. The van der Waals surface area contributed by atoms with Crippen LogP contribution in [0.1, 0.15) is 6.92 Å². The van der Waals surface area contributed by atoms with Crippen molar-refractivity contribution in [1.82, 2.24) is 19.6 Å². The van der Waals surface area contributed by atoms with Gasteiger partial charge in [0.1, 0.15) is 6.33 Å². The van der Waals surface area contributed by atoms with Crippen LogP contribution < -0.4 is 4.90 Å². The second-order valence-corrected chi connectivity index (χ2v) is 4.17. The van der Waals surface area contributed by atoms with Crippen LogP contribution in [-0.2, 0) is 0 Å². The molecule has 0 aromatic carbocycles. The van der Waals surface area contributed by atoms with Gasteiger partial charge >= 0.3 is 0 Å². The molecule has 1 saturated heterocycles. The first-order chi connectivity index (χ1) is 7.16. The van der Waals surface area contributed by atoms with E-state index in [1.807, 2.05) is 16.2 Å². The number of rotatable bonds is 1. The highest BCUT2D eigenvalue weighted by Crippen LogP contribution is 2.27. The van der Waals surface area contributed by atoms with E-state index in [9.17, 15) is 5.11 Å². The summed E-state index contributed by atoms with van der Waals surface area (Å²) in [4.78, 5) is 6.25. The molecule has 0 spiro atoms. The molecule has 1 N–H and O–H groups in total. The third-order valence-corrected chi connectivity index (χ3v) is 2.56. The van der Waals surface area contributed by atoms with E-state index in [2.05, 4.69) is 15.2 Å². The van der Waals surface area contributed by atoms with Crippen molar-refractivity contribution in [2.75, 3.05) is 18.0 Å². The highest BCUT2D eigenvalue weighted by Gasteiger charge is 2.38. The summed E-state index contributed by atoms with van der Waals surface area (Å²) in [6.07, 6.45) is 5.15. The van der Waals surface area contributed by atoms with Gasteiger partial charge in [-0.05, 0) is 6.92 Å². The van der Waals surface area contributed by atoms with Gasteiger partial charge in [-0.25, -0.2) is 4.98 Å². The molecule has 1 aliphatic heterocycles. The zero-order chi connectivity index (χ0) is 10.5. The molecule has 3 heterocycles. The molecule has 0 aliphatic carbocycles. The maximum atomic E-state index is 9.66. The van der Waals surface area contributed by atoms with E-state index in [1.54, 1.807) is 18.7 Å². The molecule has 0 bridgehead atoms. The third kappa shape index (κ3) is 1.25. The van der Waals surface area contributed by atoms with E-state index >= 15 is 0 Å². The molecule has 0 unspecified atom stereocenters. The minimum absolute atomic E-state index is 0.590. The predicted octanol–water partition coefficient (Wildman–Crippen LogP) is -0.305. The maximum absolute atomic E-state index is 9.66. The average Bonchev–Trinajstić information content (AvgIpc) is 2.60. The summed E-state index contributed by atoms with van der Waals surface area (Å²) in [6, 6.07) is 0. The SMILES string of the molecule is CC1(O)CN(c2nccn3cnnc23)C1. The van der Waals surface area contributed by atoms with Crippen LogP contribution in [0.2, 0.25) is 0 Å². The monoisotopic (exact) mass is 205 g/mol. The van der Waals surface area contributed by atoms with E-state index < -0.39 is 5.60 Å². The number of aliphatic hydroxyl groups is 1. The van der Waals surface area contributed by atoms with Gasteiger partial charge < -0.3 is 10.0 Å². The first-order valence-electron chi connectivity index (χ1n) is 4.77. The second-order valence-electron chi connectivity index (χ2n) is 4.17. The van der Waals surface area contributed by atoms with Crippen molar-refractivity contribution in [3.63, 3.8) is 0 Å². The third-order valence-electron chi connectivity index (χ3n) is 2.56. The molecule has 6 nitrogen and oxygen atoms in total. The summed E-state index contributed by atoms with van der Waals surface area (Å²) in [5.74, 6) is 0.779. The first-order valence-corrected chi connectivity index (χ1v) is 4.77. The smallest absolute Gasteiger partial charge is 0.203 e. The van der Waals surface area contributed by atoms with Crippen LogP contribution in [0.5, 0.6) is 0 Å². The summed E-state index contributed by atoms with van der Waals surface area (Å²) < 4.78 is 1.81. The molecule has 1 fully saturated rings. The highest BCUT2D eigenvalue weighted by atomic mass is 16.3. The zero-order valence-corrected chi connectivity index (χ0v) is 8.33. The fraction of sp³-hybridized carbons (Fsp3) is 0.444. The molecule has 0 radical (unpaired) electrons. The van der Waals surface area contributed by atoms with Crippen LogP contribution in [0.4, 0.5) is 5.82 Å². The van der Waals surface area contributed by atoms with E-state index in [4.69, 9.17) is 0 Å². The molecular formula is C9H11N5O. The van der Waals surface area contributed by atoms with Crippen molar-refractivity contribution in [1.29, 1.82) is 0 Å². The lowest BCUT2D eigenvalue weighted by molar-refractivity contribution is 0.0306. The van der Waals surface area contributed by atoms with Crippen LogP contribution in [0.25, 0.3) is 5.65 Å². The Labute approximate surface area is 86.2 Å². The summed E-state index contributed by atoms with van der Waals surface area (Å²) in [5, 5.41) is 17.5. The molecule has 6 heteroatoms. The van der Waals surface area contributed by atoms with Crippen molar-refractivity contribution in [3.8, 4) is 0 Å². The number of nitrogens with zero attached hydrogens (tertiary/aromatic N) is 5. The quantitative estimate of drug-likeness (QED) is 0.692. The molecule has 15 heavy (non-hydrogen) atoms. The Morgan fingerprint density at radius 3 is 3.00 bits per heavy atom. The first kappa shape index (κ1) is 8.60. The fourth-order valence-electron chi connectivity index (χ4n) is 1.89. The standard InChI is InChI=1S/C9H11N5O/c1-9(15)4-14(5-9)7-8-12-11-6-13(8)3-2-10-7/h2-3,6,15H,4-5H2,1H3. The van der Waals surface area contributed by atoms with Gasteiger partial charge in [-0.15, -0.1) is 10.2 Å². The number of β-amino-alcohol motifs (C(OH)–C–C–N with tert-alkyl or cyclic N) is 1. The van der Waals surface area contributed by atoms with Gasteiger partial charge in [0, 0.05) is 25.5 Å². The van der Waals surface area contributed by atoms with Crippen LogP contribution >= 0.6 is 0 Å². The molecule has 3 rings (SSSR count). The Morgan fingerprint density at radius 1 is 1.47 bits per heavy atom. The lowest BCUT2D eigenvalue weighted by Gasteiger charge is -2.44. The largest absolute Gasteiger partial charge is 0.386 e. The van der Waals surface area contributed by atoms with Crippen LogP contribution in [-0.4, -0.2) is 43.4 Å². The van der Waals surface area contributed by atoms with E-state index in [1.165, 1.54) is 0 Å². The van der Waals surface area contributed by atoms with Gasteiger partial charge in [-0.1, -0.05) is 0 Å². The Bertz CT molecular complexity index is 498. The maximum Gasteiger partial charge on any atom is 0.203 e. The van der Waals surface area contributed by atoms with Crippen molar-refractivity contribution >= 4 is 11.5 Å². The van der Waals surface area contributed by atoms with Gasteiger partial charge in [0.15, 0.2) is 5.82 Å². The van der Waals surface area contributed by atoms with Crippen LogP contribution in [0.15, 0.2) is 18.7 Å². The van der Waals surface area contributed by atoms with Crippen molar-refractivity contribution < 1.29 is 5.11 Å². The molecule has 0 amide bonds. The molecule has 78 valence electrons. The van der Waals surface area contributed by atoms with Crippen molar-refractivity contribution in [2.45, 2.75) is 12.5 Å². The number of hydrogen-bond acceptors (Lipinski definition) is 5. The van der Waals surface area contributed by atoms with Crippen molar-refractivity contribution in [2.24, 2.45) is 0 Å². The Hall–Kier alpha value is -1.69. The summed E-state index contributed by atoms with van der Waals surface area (Å²) in [5.41, 5.74) is 0.127. The van der Waals surface area contributed by atoms with E-state index in [0.29, 0.717) is 13.1 Å². The molecule has 2 aromatic rings. The van der Waals surface area contributed by atoms with Crippen LogP contribution in [0, 0.1) is 0 Å². The zero-order valence-electron chi connectivity index (χ0n) is 8.33. The number of anilines is 1. The van der Waals surface area contributed by atoms with Gasteiger partial charge in [0.2, 0.25) is 5.65 Å². The van der Waals surface area contributed by atoms with Crippen molar-refractivity contribution in [3.05, 3.63) is 18.7 Å². The van der Waals surface area contributed by atoms with Crippen LogP contribution in [0.3, 0.4) is 0 Å². The average molecular weight is 205 g/mol. The predicted molar refractivity (Wildman–Crippen MR) is 53.6 cm³/mol. The topological polar surface area (TPSA) is 66.5 Å². The van der Waals surface area contributed by atoms with Gasteiger partial charge in [0.05, 0.1) is 5.60 Å². The number of fused-ring (bicyclic) bond motifs is 1. The Kier molecular flexibility index (Phi) is 1.53. The molecule has 0 atom stereocenters. The molecule has 1 aliphatic rings. The molecule has 0 saturated carbocycles. The highest BCUT2D eigenvalue weighted by molar-refractivity contribution is 5.65. The Balaban J connectivity index is 2.02. The number of aromatic nitrogens is 4. The minimum Gasteiger partial charge on any atom is -0.386 e.